The van der Waals surface area contributed by atoms with Gasteiger partial charge in [0.25, 0.3) is 0 Å². The Bertz CT molecular complexity index is 672. The van der Waals surface area contributed by atoms with Gasteiger partial charge in [-0.05, 0) is 49.9 Å². The molecule has 3 heterocycles. The number of likely N-dealkylation sites (tertiary alicyclic amines) is 1. The molecule has 3 saturated heterocycles. The van der Waals surface area contributed by atoms with Crippen LogP contribution in [0.5, 0.6) is 0 Å². The zero-order valence-electron chi connectivity index (χ0n) is 15.2. The van der Waals surface area contributed by atoms with Crippen molar-refractivity contribution >= 4 is 23.3 Å². The van der Waals surface area contributed by atoms with Crippen LogP contribution in [0.1, 0.15) is 38.5 Å². The van der Waals surface area contributed by atoms with Crippen LogP contribution in [0.2, 0.25) is 0 Å². The van der Waals surface area contributed by atoms with Crippen molar-refractivity contribution in [1.29, 1.82) is 0 Å². The first-order chi connectivity index (χ1) is 12.9. The Kier molecular flexibility index (Phi) is 4.23. The van der Waals surface area contributed by atoms with Crippen molar-refractivity contribution in [3.05, 3.63) is 0 Å². The fraction of sp³-hybridized carbons (Fsp3) is 0.882. The molecule has 0 aromatic carbocycles. The molecule has 5 aliphatic rings. The second kappa shape index (κ2) is 6.40. The number of amides is 3. The number of hydroxylamine groups is 2. The van der Waals surface area contributed by atoms with Crippen molar-refractivity contribution in [3.63, 3.8) is 0 Å². The number of rotatable bonds is 6. The first-order valence-electron chi connectivity index (χ1n) is 9.84. The summed E-state index contributed by atoms with van der Waals surface area (Å²) in [5.74, 6) is 0.820. The van der Waals surface area contributed by atoms with Crippen LogP contribution in [0.25, 0.3) is 0 Å². The van der Waals surface area contributed by atoms with E-state index in [0.717, 1.165) is 36.9 Å². The fourth-order valence-corrected chi connectivity index (χ4v) is 5.73. The molecule has 3 atom stereocenters. The number of carbonyl (C=O) groups excluding carboxylic acids is 2. The van der Waals surface area contributed by atoms with E-state index in [0.29, 0.717) is 24.8 Å². The van der Waals surface area contributed by atoms with E-state index in [1.54, 1.807) is 0 Å². The maximum atomic E-state index is 12.7. The summed E-state index contributed by atoms with van der Waals surface area (Å²) in [5, 5.41) is 4.07. The lowest BCUT2D eigenvalue weighted by Crippen LogP contribution is -2.67. The topological polar surface area (TPSA) is 102 Å². The van der Waals surface area contributed by atoms with E-state index in [9.17, 15) is 13.8 Å². The molecule has 2 bridgehead atoms. The summed E-state index contributed by atoms with van der Waals surface area (Å²) in [6.07, 6.45) is 5.96. The van der Waals surface area contributed by atoms with E-state index < -0.39 is 23.4 Å². The Labute approximate surface area is 160 Å². The van der Waals surface area contributed by atoms with E-state index in [4.69, 9.17) is 8.84 Å². The van der Waals surface area contributed by atoms with Gasteiger partial charge in [-0.25, -0.2) is 4.79 Å². The van der Waals surface area contributed by atoms with Gasteiger partial charge in [0.15, 0.2) is 0 Å². The third-order valence-corrected chi connectivity index (χ3v) is 7.09. The Morgan fingerprint density at radius 2 is 2.00 bits per heavy atom. The van der Waals surface area contributed by atoms with Crippen LogP contribution in [-0.2, 0) is 20.4 Å². The van der Waals surface area contributed by atoms with Gasteiger partial charge in [-0.2, -0.15) is 9.27 Å². The standard InChI is InChI=1S/C17H26N4O5S/c22-15(14-4-3-13-8-20(14)16(23)21(13)26-27(24)25)18-12-5-17(6-12)9-19(10-17)7-11-1-2-11/h11-14H,1-10H2,(H,18,22)(H,24,25). The Morgan fingerprint density at radius 1 is 1.26 bits per heavy atom. The first kappa shape index (κ1) is 17.8. The highest BCUT2D eigenvalue weighted by Crippen LogP contribution is 2.49. The Balaban J connectivity index is 1.11. The number of hydrogen-bond donors (Lipinski definition) is 2. The number of piperidine rings is 1. The average Bonchev–Trinajstić information content (AvgIpc) is 3.35. The van der Waals surface area contributed by atoms with Crippen molar-refractivity contribution in [3.8, 4) is 0 Å². The van der Waals surface area contributed by atoms with Gasteiger partial charge in [0.1, 0.15) is 6.04 Å². The third kappa shape index (κ3) is 3.26. The van der Waals surface area contributed by atoms with E-state index in [2.05, 4.69) is 10.2 Å². The molecular weight excluding hydrogens is 372 g/mol. The predicted molar refractivity (Wildman–Crippen MR) is 95.4 cm³/mol. The van der Waals surface area contributed by atoms with Crippen molar-refractivity contribution < 1.29 is 22.6 Å². The van der Waals surface area contributed by atoms with Gasteiger partial charge in [-0.1, -0.05) is 0 Å². The van der Waals surface area contributed by atoms with Crippen LogP contribution in [0.15, 0.2) is 0 Å². The monoisotopic (exact) mass is 398 g/mol. The smallest absolute Gasteiger partial charge is 0.346 e. The van der Waals surface area contributed by atoms with E-state index in [1.165, 1.54) is 24.3 Å². The van der Waals surface area contributed by atoms with Crippen LogP contribution in [0.3, 0.4) is 0 Å². The van der Waals surface area contributed by atoms with Crippen molar-refractivity contribution in [2.24, 2.45) is 11.3 Å². The fourth-order valence-electron chi connectivity index (χ4n) is 5.41. The molecule has 0 radical (unpaired) electrons. The molecular formula is C17H26N4O5S. The summed E-state index contributed by atoms with van der Waals surface area (Å²) in [4.78, 5) is 29.1. The number of nitrogens with zero attached hydrogens (tertiary/aromatic N) is 3. The highest BCUT2D eigenvalue weighted by atomic mass is 32.2. The van der Waals surface area contributed by atoms with Gasteiger partial charge in [0.2, 0.25) is 5.91 Å². The lowest BCUT2D eigenvalue weighted by Gasteiger charge is -2.59. The largest absolute Gasteiger partial charge is 0.352 e. The lowest BCUT2D eigenvalue weighted by molar-refractivity contribution is -0.132. The van der Waals surface area contributed by atoms with Gasteiger partial charge < -0.3 is 15.1 Å². The van der Waals surface area contributed by atoms with Crippen LogP contribution < -0.4 is 5.32 Å². The average molecular weight is 398 g/mol. The van der Waals surface area contributed by atoms with Crippen molar-refractivity contribution in [2.45, 2.75) is 56.7 Å². The maximum Gasteiger partial charge on any atom is 0.346 e. The van der Waals surface area contributed by atoms with Gasteiger partial charge in [-0.15, -0.1) is 4.28 Å². The zero-order valence-corrected chi connectivity index (χ0v) is 16.0. The second-order valence-corrected chi connectivity index (χ2v) is 9.61. The molecule has 3 aliphatic heterocycles. The summed E-state index contributed by atoms with van der Waals surface area (Å²) < 4.78 is 24.5. The molecule has 2 saturated carbocycles. The van der Waals surface area contributed by atoms with Crippen LogP contribution >= 0.6 is 0 Å². The molecule has 2 aliphatic carbocycles. The summed E-state index contributed by atoms with van der Waals surface area (Å²) in [5.41, 5.74) is 0.407. The summed E-state index contributed by atoms with van der Waals surface area (Å²) in [6.45, 7) is 3.93. The minimum Gasteiger partial charge on any atom is -0.352 e. The highest BCUT2D eigenvalue weighted by molar-refractivity contribution is 7.74. The normalized spacial score (nSPS) is 33.7. The molecule has 1 spiro atoms. The molecule has 0 aromatic heterocycles. The van der Waals surface area contributed by atoms with E-state index >= 15 is 0 Å². The van der Waals surface area contributed by atoms with Gasteiger partial charge in [0.05, 0.1) is 6.04 Å². The molecule has 3 amide bonds. The van der Waals surface area contributed by atoms with Crippen molar-refractivity contribution in [1.82, 2.24) is 20.2 Å². The van der Waals surface area contributed by atoms with E-state index in [-0.39, 0.29) is 18.0 Å². The number of nitrogens with one attached hydrogen (secondary N) is 1. The number of carbonyl (C=O) groups is 2. The molecule has 150 valence electrons. The Hall–Kier alpha value is -1.23. The molecule has 3 unspecified atom stereocenters. The minimum absolute atomic E-state index is 0.109. The van der Waals surface area contributed by atoms with Crippen LogP contribution in [0.4, 0.5) is 4.79 Å². The Morgan fingerprint density at radius 3 is 2.67 bits per heavy atom. The third-order valence-electron chi connectivity index (χ3n) is 6.81. The summed E-state index contributed by atoms with van der Waals surface area (Å²) in [7, 11) is 0. The van der Waals surface area contributed by atoms with Gasteiger partial charge in [-0.3, -0.25) is 9.35 Å². The molecule has 5 fully saturated rings. The van der Waals surface area contributed by atoms with Crippen molar-refractivity contribution in [2.75, 3.05) is 26.2 Å². The highest BCUT2D eigenvalue weighted by Gasteiger charge is 2.54. The molecule has 2 N–H and O–H groups in total. The van der Waals surface area contributed by atoms with Crippen LogP contribution in [-0.4, -0.2) is 79.9 Å². The number of urea groups is 1. The quantitative estimate of drug-likeness (QED) is 0.625. The maximum absolute atomic E-state index is 12.7. The summed E-state index contributed by atoms with van der Waals surface area (Å²) in [6, 6.07) is -1.08. The van der Waals surface area contributed by atoms with E-state index in [1.807, 2.05) is 0 Å². The summed E-state index contributed by atoms with van der Waals surface area (Å²) >= 11 is -2.54. The number of hydrogen-bond acceptors (Lipinski definition) is 5. The second-order valence-electron chi connectivity index (χ2n) is 9.03. The molecule has 9 nitrogen and oxygen atoms in total. The lowest BCUT2D eigenvalue weighted by atomic mass is 9.60. The molecule has 10 heteroatoms. The first-order valence-corrected chi connectivity index (χ1v) is 10.9. The van der Waals surface area contributed by atoms with Gasteiger partial charge in [0, 0.05) is 32.2 Å². The molecule has 0 aromatic rings. The molecule has 5 rings (SSSR count). The minimum atomic E-state index is -2.54. The molecule has 27 heavy (non-hydrogen) atoms. The van der Waals surface area contributed by atoms with Gasteiger partial charge >= 0.3 is 17.4 Å². The number of fused-ring (bicyclic) bond motifs is 2. The van der Waals surface area contributed by atoms with Crippen LogP contribution in [0, 0.1) is 11.3 Å². The zero-order chi connectivity index (χ0) is 18.8. The predicted octanol–water partition coefficient (Wildman–Crippen LogP) is 0.314. The SMILES string of the molecule is O=C(NC1CC2(C1)CN(CC1CC1)C2)C1CCC2CN1C(=O)N2OS(=O)O.